The zero-order valence-electron chi connectivity index (χ0n) is 37.1. The van der Waals surface area contributed by atoms with Crippen LogP contribution in [0.5, 0.6) is 0 Å². The molecular weight excluding hydrogens is 840 g/mol. The van der Waals surface area contributed by atoms with E-state index >= 15 is 0 Å². The lowest BCUT2D eigenvalue weighted by molar-refractivity contribution is -0.207. The van der Waals surface area contributed by atoms with Gasteiger partial charge in [0, 0.05) is 61.5 Å². The van der Waals surface area contributed by atoms with Crippen molar-refractivity contribution in [2.75, 3.05) is 98.9 Å². The lowest BCUT2D eigenvalue weighted by Gasteiger charge is -2.56. The minimum absolute atomic E-state index is 0.00481. The molecule has 0 saturated heterocycles. The van der Waals surface area contributed by atoms with E-state index < -0.39 is 28.2 Å². The van der Waals surface area contributed by atoms with Crippen molar-refractivity contribution in [3.63, 3.8) is 0 Å². The number of hydrogen-bond donors (Lipinski definition) is 4. The van der Waals surface area contributed by atoms with E-state index in [1.807, 2.05) is 20.8 Å². The van der Waals surface area contributed by atoms with Gasteiger partial charge in [-0.25, -0.2) is 0 Å². The van der Waals surface area contributed by atoms with Crippen molar-refractivity contribution in [2.45, 2.75) is 114 Å². The third kappa shape index (κ3) is 21.0. The molecule has 350 valence electrons. The van der Waals surface area contributed by atoms with Crippen LogP contribution in [0.25, 0.3) is 0 Å². The van der Waals surface area contributed by atoms with Crippen molar-refractivity contribution in [3.8, 4) is 37.0 Å². The molecule has 0 aliphatic heterocycles. The maximum absolute atomic E-state index is 14.6. The van der Waals surface area contributed by atoms with Crippen LogP contribution in [0.3, 0.4) is 0 Å². The molecule has 3 fully saturated rings. The second kappa shape index (κ2) is 29.4. The highest BCUT2D eigenvalue weighted by Gasteiger charge is 2.55. The molecule has 0 radical (unpaired) electrons. The quantitative estimate of drug-likeness (QED) is 0.0416. The molecule has 4 N–H and O–H groups in total. The number of terminal acetylenes is 3. The number of carbonyl (C=O) groups excluding carboxylic acids is 4. The summed E-state index contributed by atoms with van der Waals surface area (Å²) < 4.78 is 38.4. The first kappa shape index (κ1) is 55.0. The van der Waals surface area contributed by atoms with Crippen LogP contribution in [0.4, 0.5) is 0 Å². The van der Waals surface area contributed by atoms with Gasteiger partial charge in [-0.1, -0.05) is 50.3 Å². The normalized spacial score (nSPS) is 19.3. The Morgan fingerprint density at radius 1 is 0.597 bits per heavy atom. The molecule has 0 aromatic heterocycles. The molecule has 1 unspecified atom stereocenters. The SMILES string of the molecule is C#CCOCCOCCNC(=O)CCC(CCC(=O)NCCOCCOCC#C)(CCC(=O)NCCOCCOCC#C)NC(=O)C12CCC(OP([O-])(=S)C(C)(C)C)(CC1)CC2. The Morgan fingerprint density at radius 3 is 1.26 bits per heavy atom. The van der Waals surface area contributed by atoms with Crippen molar-refractivity contribution in [2.24, 2.45) is 5.41 Å². The Bertz CT molecular complexity index is 1430. The van der Waals surface area contributed by atoms with Gasteiger partial charge in [-0.15, -0.1) is 19.3 Å². The number of carbonyl (C=O) groups is 4. The van der Waals surface area contributed by atoms with Crippen LogP contribution in [-0.4, -0.2) is 139 Å². The van der Waals surface area contributed by atoms with E-state index in [0.717, 1.165) is 0 Å². The molecule has 3 aliphatic rings. The van der Waals surface area contributed by atoms with Crippen LogP contribution in [0.15, 0.2) is 0 Å². The highest BCUT2D eigenvalue weighted by molar-refractivity contribution is 8.09. The van der Waals surface area contributed by atoms with E-state index in [1.54, 1.807) is 0 Å². The third-order valence-corrected chi connectivity index (χ3v) is 15.2. The molecule has 0 heterocycles. The first-order chi connectivity index (χ1) is 29.6. The van der Waals surface area contributed by atoms with Gasteiger partial charge in [0.05, 0.1) is 65.1 Å². The Morgan fingerprint density at radius 2 is 0.935 bits per heavy atom. The molecule has 2 bridgehead atoms. The smallest absolute Gasteiger partial charge is 0.226 e. The minimum Gasteiger partial charge on any atom is -0.800 e. The average molecular weight is 910 g/mol. The molecule has 3 aliphatic carbocycles. The van der Waals surface area contributed by atoms with Crippen LogP contribution in [0.1, 0.15) is 97.8 Å². The lowest BCUT2D eigenvalue weighted by atomic mass is 9.58. The molecule has 62 heavy (non-hydrogen) atoms. The summed E-state index contributed by atoms with van der Waals surface area (Å²) in [5.74, 6) is 6.11. The third-order valence-electron chi connectivity index (χ3n) is 11.0. The van der Waals surface area contributed by atoms with Crippen LogP contribution in [0, 0.1) is 42.4 Å². The molecule has 16 nitrogen and oxygen atoms in total. The lowest BCUT2D eigenvalue weighted by Crippen LogP contribution is -2.59. The summed E-state index contributed by atoms with van der Waals surface area (Å²) in [4.78, 5) is 67.9. The van der Waals surface area contributed by atoms with Crippen LogP contribution in [-0.2, 0) is 63.9 Å². The van der Waals surface area contributed by atoms with Gasteiger partial charge in [0.2, 0.25) is 23.6 Å². The van der Waals surface area contributed by atoms with Crippen LogP contribution >= 0.6 is 6.49 Å². The van der Waals surface area contributed by atoms with Gasteiger partial charge in [-0.2, -0.15) is 0 Å². The van der Waals surface area contributed by atoms with E-state index in [0.29, 0.717) is 78.2 Å². The molecule has 0 spiro atoms. The molecule has 3 rings (SSSR count). The summed E-state index contributed by atoms with van der Waals surface area (Å²) in [5, 5.41) is 11.2. The van der Waals surface area contributed by atoms with Gasteiger partial charge in [0.15, 0.2) is 0 Å². The fraction of sp³-hybridized carbons (Fsp3) is 0.773. The first-order valence-corrected chi connectivity index (χ1v) is 24.1. The zero-order valence-corrected chi connectivity index (χ0v) is 38.8. The number of hydrogen-bond acceptors (Lipinski definition) is 13. The van der Waals surface area contributed by atoms with Crippen molar-refractivity contribution in [1.29, 1.82) is 0 Å². The Balaban J connectivity index is 2.22. The zero-order chi connectivity index (χ0) is 45.8. The maximum atomic E-state index is 14.6. The predicted octanol–water partition coefficient (Wildman–Crippen LogP) is 2.11. The molecule has 0 aromatic rings. The fourth-order valence-electron chi connectivity index (χ4n) is 7.12. The van der Waals surface area contributed by atoms with E-state index in [1.165, 1.54) is 0 Å². The van der Waals surface area contributed by atoms with Gasteiger partial charge in [0.25, 0.3) is 0 Å². The number of fused-ring (bicyclic) bond motifs is 3. The molecule has 18 heteroatoms. The highest BCUT2D eigenvalue weighted by atomic mass is 32.5. The highest BCUT2D eigenvalue weighted by Crippen LogP contribution is 2.62. The number of amides is 4. The largest absolute Gasteiger partial charge is 0.800 e. The van der Waals surface area contributed by atoms with E-state index in [9.17, 15) is 24.1 Å². The number of ether oxygens (including phenoxy) is 6. The second-order valence-corrected chi connectivity index (χ2v) is 20.6. The summed E-state index contributed by atoms with van der Waals surface area (Å²) in [6.07, 6.45) is 19.1. The molecule has 3 saturated carbocycles. The first-order valence-electron chi connectivity index (χ1n) is 21.5. The Labute approximate surface area is 374 Å². The second-order valence-electron chi connectivity index (χ2n) is 16.6. The van der Waals surface area contributed by atoms with E-state index in [2.05, 4.69) is 39.0 Å². The van der Waals surface area contributed by atoms with Gasteiger partial charge in [0.1, 0.15) is 19.8 Å². The van der Waals surface area contributed by atoms with Gasteiger partial charge < -0.3 is 59.1 Å². The fourth-order valence-corrected chi connectivity index (χ4v) is 8.65. The molecular formula is C44H70N4O12PS-. The van der Waals surface area contributed by atoms with Crippen molar-refractivity contribution in [3.05, 3.63) is 0 Å². The van der Waals surface area contributed by atoms with Crippen LogP contribution in [0.2, 0.25) is 0 Å². The monoisotopic (exact) mass is 909 g/mol. The number of rotatable bonds is 34. The van der Waals surface area contributed by atoms with E-state index in [4.69, 9.17) is 64.0 Å². The molecule has 4 amide bonds. The van der Waals surface area contributed by atoms with E-state index in [-0.39, 0.29) is 121 Å². The average Bonchev–Trinajstić information content (AvgIpc) is 3.24. The maximum Gasteiger partial charge on any atom is 0.226 e. The summed E-state index contributed by atoms with van der Waals surface area (Å²) in [6, 6.07) is 0. The summed E-state index contributed by atoms with van der Waals surface area (Å²) in [5.41, 5.74) is -2.53. The summed E-state index contributed by atoms with van der Waals surface area (Å²) in [6.45, 7) is 6.02. The van der Waals surface area contributed by atoms with Crippen LogP contribution < -0.4 is 26.2 Å². The van der Waals surface area contributed by atoms with Crippen molar-refractivity contribution < 1.29 is 57.0 Å². The van der Waals surface area contributed by atoms with Crippen molar-refractivity contribution >= 4 is 41.9 Å². The van der Waals surface area contributed by atoms with Gasteiger partial charge in [-0.05, 0) is 57.8 Å². The topological polar surface area (TPSA) is 204 Å². The molecule has 0 aromatic carbocycles. The molecule has 1 atom stereocenters. The van der Waals surface area contributed by atoms with Crippen molar-refractivity contribution in [1.82, 2.24) is 21.3 Å². The Kier molecular flexibility index (Phi) is 26.1. The van der Waals surface area contributed by atoms with Gasteiger partial charge in [-0.3, -0.25) is 19.2 Å². The summed E-state index contributed by atoms with van der Waals surface area (Å²) >= 11 is 5.50. The standard InChI is InChI=1S/C44H71N4O12PS/c1-7-25-54-31-34-57-28-22-45-37(49)10-13-43(14-11-38(50)46-23-29-58-35-32-55-26-8-2,15-12-39(51)47-24-30-59-36-33-56-27-9-3)48-40(52)42-16-19-44(20-17-42,21-18-42)60-61(53,62)41(4,5)6/h1-3H,10-36H2,4-6H3,(H,45,49)(H,46,50)(H,47,51)(H,48,52)(H,53,62)/p-1. The minimum atomic E-state index is -3.38. The Hall–Kier alpha value is -3.11. The van der Waals surface area contributed by atoms with Gasteiger partial charge >= 0.3 is 0 Å². The number of nitrogens with one attached hydrogen (secondary N) is 4. The summed E-state index contributed by atoms with van der Waals surface area (Å²) in [7, 11) is 0. The predicted molar refractivity (Wildman–Crippen MR) is 237 cm³/mol.